The van der Waals surface area contributed by atoms with Crippen LogP contribution in [0.5, 0.6) is 0 Å². The van der Waals surface area contributed by atoms with E-state index >= 15 is 0 Å². The van der Waals surface area contributed by atoms with Gasteiger partial charge in [0.05, 0.1) is 6.26 Å². The zero-order chi connectivity index (χ0) is 11.8. The van der Waals surface area contributed by atoms with E-state index in [0.717, 1.165) is 5.39 Å². The van der Waals surface area contributed by atoms with Crippen molar-refractivity contribution in [1.82, 2.24) is 0 Å². The second kappa shape index (κ2) is 3.83. The van der Waals surface area contributed by atoms with Crippen LogP contribution in [0.2, 0.25) is 0 Å². The first-order chi connectivity index (χ1) is 7.47. The fraction of sp³-hybridized carbons (Fsp3) is 0.273. The summed E-state index contributed by atoms with van der Waals surface area (Å²) >= 11 is 0. The van der Waals surface area contributed by atoms with Crippen molar-refractivity contribution in [3.8, 4) is 0 Å². The molecule has 1 aromatic carbocycles. The van der Waals surface area contributed by atoms with E-state index in [1.165, 1.54) is 12.3 Å². The highest BCUT2D eigenvalue weighted by molar-refractivity contribution is 5.77. The second-order valence-electron chi connectivity index (χ2n) is 3.55. The molecule has 1 atom stereocenters. The van der Waals surface area contributed by atoms with Crippen LogP contribution in [0, 0.1) is 0 Å². The molecule has 0 spiro atoms. The maximum atomic E-state index is 12.1. The molecule has 2 rings (SSSR count). The van der Waals surface area contributed by atoms with Gasteiger partial charge in [0.1, 0.15) is 5.58 Å². The van der Waals surface area contributed by atoms with Gasteiger partial charge >= 0.3 is 6.18 Å². The van der Waals surface area contributed by atoms with Gasteiger partial charge in [0.15, 0.2) is 6.10 Å². The zero-order valence-electron chi connectivity index (χ0n) is 8.16. The number of aliphatic hydroxyl groups is 1. The Hall–Kier alpha value is -1.49. The summed E-state index contributed by atoms with van der Waals surface area (Å²) in [6.07, 6.45) is -5.87. The fourth-order valence-electron chi connectivity index (χ4n) is 1.48. The Balaban J connectivity index is 2.21. The normalized spacial score (nSPS) is 14.2. The Labute approximate surface area is 89.3 Å². The summed E-state index contributed by atoms with van der Waals surface area (Å²) in [5.41, 5.74) is 1.05. The fourth-order valence-corrected chi connectivity index (χ4v) is 1.48. The third-order valence-electron chi connectivity index (χ3n) is 2.32. The second-order valence-corrected chi connectivity index (χ2v) is 3.55. The molecule has 16 heavy (non-hydrogen) atoms. The number of halogens is 3. The maximum absolute atomic E-state index is 12.1. The van der Waals surface area contributed by atoms with E-state index in [1.807, 2.05) is 0 Å². The molecule has 1 aromatic heterocycles. The van der Waals surface area contributed by atoms with Crippen molar-refractivity contribution in [3.63, 3.8) is 0 Å². The number of alkyl halides is 3. The molecule has 1 unspecified atom stereocenters. The largest absolute Gasteiger partial charge is 0.464 e. The molecule has 0 radical (unpaired) electrons. The van der Waals surface area contributed by atoms with Gasteiger partial charge in [-0.1, -0.05) is 6.07 Å². The van der Waals surface area contributed by atoms with Gasteiger partial charge in [0.2, 0.25) is 0 Å². The van der Waals surface area contributed by atoms with Crippen LogP contribution < -0.4 is 0 Å². The average molecular weight is 230 g/mol. The summed E-state index contributed by atoms with van der Waals surface area (Å²) in [7, 11) is 0. The van der Waals surface area contributed by atoms with Gasteiger partial charge in [0, 0.05) is 11.8 Å². The number of benzene rings is 1. The summed E-state index contributed by atoms with van der Waals surface area (Å²) in [6.45, 7) is 0. The molecule has 2 nitrogen and oxygen atoms in total. The number of rotatable bonds is 2. The van der Waals surface area contributed by atoms with Gasteiger partial charge in [-0.25, -0.2) is 0 Å². The topological polar surface area (TPSA) is 33.4 Å². The van der Waals surface area contributed by atoms with Crippen molar-refractivity contribution >= 4 is 11.0 Å². The van der Waals surface area contributed by atoms with Crippen molar-refractivity contribution in [1.29, 1.82) is 0 Å². The van der Waals surface area contributed by atoms with Crippen LogP contribution in [0.3, 0.4) is 0 Å². The van der Waals surface area contributed by atoms with Crippen LogP contribution in [0.15, 0.2) is 34.9 Å². The summed E-state index contributed by atoms with van der Waals surface area (Å²) in [5, 5.41) is 9.64. The Morgan fingerprint density at radius 2 is 2.00 bits per heavy atom. The lowest BCUT2D eigenvalue weighted by Crippen LogP contribution is -2.30. The maximum Gasteiger partial charge on any atom is 0.414 e. The van der Waals surface area contributed by atoms with E-state index in [1.54, 1.807) is 18.2 Å². The lowest BCUT2D eigenvalue weighted by Gasteiger charge is -2.14. The number of furan rings is 1. The average Bonchev–Trinajstić information content (AvgIpc) is 2.63. The van der Waals surface area contributed by atoms with Gasteiger partial charge in [-0.3, -0.25) is 0 Å². The SMILES string of the molecule is OC(Cc1ccc2occc2c1)C(F)(F)F. The predicted octanol–water partition coefficient (Wildman–Crippen LogP) is 2.90. The first kappa shape index (κ1) is 11.0. The lowest BCUT2D eigenvalue weighted by atomic mass is 10.1. The predicted molar refractivity (Wildman–Crippen MR) is 52.0 cm³/mol. The smallest absolute Gasteiger partial charge is 0.414 e. The highest BCUT2D eigenvalue weighted by Crippen LogP contribution is 2.24. The minimum Gasteiger partial charge on any atom is -0.464 e. The van der Waals surface area contributed by atoms with Gasteiger partial charge in [0.25, 0.3) is 0 Å². The van der Waals surface area contributed by atoms with E-state index < -0.39 is 18.7 Å². The third kappa shape index (κ3) is 2.19. The molecule has 0 aliphatic rings. The highest BCUT2D eigenvalue weighted by atomic mass is 19.4. The van der Waals surface area contributed by atoms with Crippen molar-refractivity contribution in [2.45, 2.75) is 18.7 Å². The quantitative estimate of drug-likeness (QED) is 0.860. The van der Waals surface area contributed by atoms with E-state index in [4.69, 9.17) is 9.52 Å². The van der Waals surface area contributed by atoms with Crippen LogP contribution in [-0.4, -0.2) is 17.4 Å². The number of hydrogen-bond donors (Lipinski definition) is 1. The van der Waals surface area contributed by atoms with E-state index in [-0.39, 0.29) is 0 Å². The van der Waals surface area contributed by atoms with E-state index in [9.17, 15) is 13.2 Å². The van der Waals surface area contributed by atoms with Crippen molar-refractivity contribution < 1.29 is 22.7 Å². The first-order valence-corrected chi connectivity index (χ1v) is 4.68. The molecule has 0 fully saturated rings. The van der Waals surface area contributed by atoms with Crippen molar-refractivity contribution in [3.05, 3.63) is 36.1 Å². The Kier molecular flexibility index (Phi) is 2.63. The Morgan fingerprint density at radius 1 is 1.25 bits per heavy atom. The van der Waals surface area contributed by atoms with Crippen LogP contribution in [0.1, 0.15) is 5.56 Å². The molecule has 86 valence electrons. The summed E-state index contributed by atoms with van der Waals surface area (Å²) in [5.74, 6) is 0. The molecule has 0 aliphatic carbocycles. The van der Waals surface area contributed by atoms with E-state index in [2.05, 4.69) is 0 Å². The Morgan fingerprint density at radius 3 is 2.69 bits per heavy atom. The monoisotopic (exact) mass is 230 g/mol. The Bertz CT molecular complexity index is 487. The molecule has 1 heterocycles. The van der Waals surface area contributed by atoms with Crippen LogP contribution in [0.25, 0.3) is 11.0 Å². The minimum atomic E-state index is -4.58. The molecule has 0 saturated carbocycles. The van der Waals surface area contributed by atoms with Crippen LogP contribution in [0.4, 0.5) is 13.2 Å². The number of hydrogen-bond acceptors (Lipinski definition) is 2. The molecular formula is C11H9F3O2. The zero-order valence-corrected chi connectivity index (χ0v) is 8.16. The van der Waals surface area contributed by atoms with Crippen molar-refractivity contribution in [2.24, 2.45) is 0 Å². The highest BCUT2D eigenvalue weighted by Gasteiger charge is 2.37. The standard InChI is InChI=1S/C11H9F3O2/c12-11(13,14)10(15)6-7-1-2-9-8(5-7)3-4-16-9/h1-5,10,15H,6H2. The van der Waals surface area contributed by atoms with E-state index in [0.29, 0.717) is 11.1 Å². The third-order valence-corrected chi connectivity index (χ3v) is 2.32. The molecule has 2 aromatic rings. The molecule has 1 N–H and O–H groups in total. The summed E-state index contributed by atoms with van der Waals surface area (Å²) in [6, 6.07) is 6.35. The number of aliphatic hydroxyl groups excluding tert-OH is 1. The lowest BCUT2D eigenvalue weighted by molar-refractivity contribution is -0.203. The molecule has 0 saturated heterocycles. The molecule has 0 amide bonds. The van der Waals surface area contributed by atoms with Gasteiger partial charge in [-0.05, 0) is 23.8 Å². The molecule has 5 heteroatoms. The van der Waals surface area contributed by atoms with Gasteiger partial charge in [-0.2, -0.15) is 13.2 Å². The minimum absolute atomic E-state index is 0.429. The van der Waals surface area contributed by atoms with Crippen molar-refractivity contribution in [2.75, 3.05) is 0 Å². The summed E-state index contributed by atoms with van der Waals surface area (Å²) in [4.78, 5) is 0. The molecular weight excluding hydrogens is 221 g/mol. The van der Waals surface area contributed by atoms with Crippen LogP contribution >= 0.6 is 0 Å². The summed E-state index contributed by atoms with van der Waals surface area (Å²) < 4.78 is 41.4. The molecule has 0 bridgehead atoms. The first-order valence-electron chi connectivity index (χ1n) is 4.68. The number of fused-ring (bicyclic) bond motifs is 1. The van der Waals surface area contributed by atoms with Gasteiger partial charge < -0.3 is 9.52 Å². The van der Waals surface area contributed by atoms with Crippen LogP contribution in [-0.2, 0) is 6.42 Å². The van der Waals surface area contributed by atoms with Gasteiger partial charge in [-0.15, -0.1) is 0 Å². The molecule has 0 aliphatic heterocycles.